The van der Waals surface area contributed by atoms with E-state index in [1.165, 1.54) is 26.2 Å². The summed E-state index contributed by atoms with van der Waals surface area (Å²) in [7, 11) is 8.27. The zero-order chi connectivity index (χ0) is 24.3. The molecule has 3 rings (SSSR count). The Kier molecular flexibility index (Phi) is 7.28. The largest absolute Gasteiger partial charge is 0.507 e. The van der Waals surface area contributed by atoms with Crippen molar-refractivity contribution in [2.75, 3.05) is 48.5 Å². The quantitative estimate of drug-likeness (QED) is 0.373. The molecule has 1 saturated heterocycles. The number of rotatable bonds is 8. The molecule has 0 radical (unpaired) electrons. The van der Waals surface area contributed by atoms with E-state index < -0.39 is 17.7 Å². The summed E-state index contributed by atoms with van der Waals surface area (Å²) in [5, 5.41) is 11.2. The van der Waals surface area contributed by atoms with Crippen molar-refractivity contribution >= 4 is 17.4 Å². The van der Waals surface area contributed by atoms with Gasteiger partial charge in [-0.2, -0.15) is 0 Å². The summed E-state index contributed by atoms with van der Waals surface area (Å²) in [6.07, 6.45) is 0. The van der Waals surface area contributed by atoms with Gasteiger partial charge in [-0.05, 0) is 38.7 Å². The number of amides is 1. The highest BCUT2D eigenvalue weighted by Crippen LogP contribution is 2.45. The lowest BCUT2D eigenvalue weighted by Gasteiger charge is -2.27. The summed E-state index contributed by atoms with van der Waals surface area (Å²) in [4.78, 5) is 29.6. The van der Waals surface area contributed by atoms with Gasteiger partial charge in [0.05, 0.1) is 32.9 Å². The van der Waals surface area contributed by atoms with E-state index in [-0.39, 0.29) is 11.3 Å². The highest BCUT2D eigenvalue weighted by atomic mass is 16.5. The molecule has 0 bridgehead atoms. The fourth-order valence-electron chi connectivity index (χ4n) is 3.89. The van der Waals surface area contributed by atoms with Crippen LogP contribution in [0.25, 0.3) is 5.76 Å². The van der Waals surface area contributed by atoms with Crippen molar-refractivity contribution in [1.29, 1.82) is 0 Å². The number of aliphatic hydroxyl groups is 1. The van der Waals surface area contributed by atoms with Crippen LogP contribution in [0.5, 0.6) is 17.2 Å². The normalized spacial score (nSPS) is 17.5. The third-order valence-electron chi connectivity index (χ3n) is 5.66. The molecule has 1 N–H and O–H groups in total. The Morgan fingerprint density at radius 1 is 1.00 bits per heavy atom. The van der Waals surface area contributed by atoms with Gasteiger partial charge in [-0.25, -0.2) is 0 Å². The molecule has 2 aromatic carbocycles. The average molecular weight is 455 g/mol. The smallest absolute Gasteiger partial charge is 0.295 e. The number of likely N-dealkylation sites (N-methyl/N-ethyl adjacent to an activating group) is 1. The number of carbonyl (C=O) groups is 2. The molecule has 8 heteroatoms. The van der Waals surface area contributed by atoms with Crippen LogP contribution < -0.4 is 14.2 Å². The Bertz CT molecular complexity index is 1050. The molecule has 0 aromatic heterocycles. The Morgan fingerprint density at radius 2 is 1.58 bits per heavy atom. The predicted octanol–water partition coefficient (Wildman–Crippen LogP) is 3.00. The molecule has 1 aliphatic heterocycles. The first-order valence-corrected chi connectivity index (χ1v) is 10.5. The van der Waals surface area contributed by atoms with Crippen LogP contribution in [0.2, 0.25) is 0 Å². The van der Waals surface area contributed by atoms with Crippen LogP contribution in [0.1, 0.15) is 22.7 Å². The van der Waals surface area contributed by atoms with E-state index in [1.54, 1.807) is 24.3 Å². The Labute approximate surface area is 194 Å². The molecule has 2 aromatic rings. The third kappa shape index (κ3) is 4.66. The topological polar surface area (TPSA) is 88.5 Å². The number of methoxy groups -OCH3 is 3. The van der Waals surface area contributed by atoms with Crippen LogP contribution in [-0.4, -0.2) is 75.1 Å². The number of nitrogens with zero attached hydrogens (tertiary/aromatic N) is 2. The molecule has 1 fully saturated rings. The fourth-order valence-corrected chi connectivity index (χ4v) is 3.89. The second kappa shape index (κ2) is 9.95. The van der Waals surface area contributed by atoms with Gasteiger partial charge in [0.25, 0.3) is 11.7 Å². The van der Waals surface area contributed by atoms with Crippen LogP contribution in [0, 0.1) is 6.92 Å². The van der Waals surface area contributed by atoms with Crippen LogP contribution in [0.3, 0.4) is 0 Å². The standard InChI is InChI=1S/C25H30N2O6/c1-15-7-9-16(10-8-15)22(28)20-21(27(12-11-26(2)3)25(30)23(20)29)17-13-18(31-4)24(33-6)19(14-17)32-5/h7-10,13-14,21,28H,11-12H2,1-6H3/b22-20-. The van der Waals surface area contributed by atoms with Crippen molar-refractivity contribution in [3.63, 3.8) is 0 Å². The first-order valence-electron chi connectivity index (χ1n) is 10.5. The van der Waals surface area contributed by atoms with E-state index in [2.05, 4.69) is 0 Å². The number of ketones is 1. The maximum Gasteiger partial charge on any atom is 0.295 e. The average Bonchev–Trinajstić information content (AvgIpc) is 3.06. The minimum Gasteiger partial charge on any atom is -0.507 e. The fraction of sp³-hybridized carbons (Fsp3) is 0.360. The number of aliphatic hydroxyl groups excluding tert-OH is 1. The second-order valence-corrected chi connectivity index (χ2v) is 8.12. The number of hydrogen-bond donors (Lipinski definition) is 1. The van der Waals surface area contributed by atoms with Gasteiger partial charge < -0.3 is 29.1 Å². The molecule has 1 unspecified atom stereocenters. The monoisotopic (exact) mass is 454 g/mol. The van der Waals surface area contributed by atoms with Gasteiger partial charge in [-0.1, -0.05) is 29.8 Å². The van der Waals surface area contributed by atoms with Gasteiger partial charge in [0, 0.05) is 18.7 Å². The summed E-state index contributed by atoms with van der Waals surface area (Å²) < 4.78 is 16.4. The molecule has 0 saturated carbocycles. The van der Waals surface area contributed by atoms with E-state index in [4.69, 9.17) is 14.2 Å². The SMILES string of the molecule is COc1cc(C2/C(=C(/O)c3ccc(C)cc3)C(=O)C(=O)N2CCN(C)C)cc(OC)c1OC. The molecule has 1 aliphatic rings. The molecule has 1 heterocycles. The molecule has 1 atom stereocenters. The first-order chi connectivity index (χ1) is 15.7. The molecule has 8 nitrogen and oxygen atoms in total. The van der Waals surface area contributed by atoms with Gasteiger partial charge in [-0.15, -0.1) is 0 Å². The van der Waals surface area contributed by atoms with Crippen molar-refractivity contribution in [2.45, 2.75) is 13.0 Å². The number of aryl methyl sites for hydroxylation is 1. The number of likely N-dealkylation sites (tertiary alicyclic amines) is 1. The highest BCUT2D eigenvalue weighted by Gasteiger charge is 2.46. The Balaban J connectivity index is 2.25. The summed E-state index contributed by atoms with van der Waals surface area (Å²) in [6, 6.07) is 9.71. The van der Waals surface area contributed by atoms with Crippen molar-refractivity contribution in [1.82, 2.24) is 9.80 Å². The zero-order valence-corrected chi connectivity index (χ0v) is 19.8. The van der Waals surface area contributed by atoms with Crippen molar-refractivity contribution < 1.29 is 28.9 Å². The number of carbonyl (C=O) groups excluding carboxylic acids is 2. The van der Waals surface area contributed by atoms with Crippen LogP contribution in [0.15, 0.2) is 42.0 Å². The third-order valence-corrected chi connectivity index (χ3v) is 5.66. The number of hydrogen-bond acceptors (Lipinski definition) is 7. The van der Waals surface area contributed by atoms with Gasteiger partial charge in [-0.3, -0.25) is 9.59 Å². The zero-order valence-electron chi connectivity index (χ0n) is 19.8. The van der Waals surface area contributed by atoms with Gasteiger partial charge in [0.2, 0.25) is 5.75 Å². The predicted molar refractivity (Wildman–Crippen MR) is 125 cm³/mol. The first kappa shape index (κ1) is 24.1. The molecule has 1 amide bonds. The lowest BCUT2D eigenvalue weighted by molar-refractivity contribution is -0.140. The second-order valence-electron chi connectivity index (χ2n) is 8.12. The van der Waals surface area contributed by atoms with Gasteiger partial charge >= 0.3 is 0 Å². The van der Waals surface area contributed by atoms with Gasteiger partial charge in [0.15, 0.2) is 11.5 Å². The summed E-state index contributed by atoms with van der Waals surface area (Å²) in [5.41, 5.74) is 2.07. The summed E-state index contributed by atoms with van der Waals surface area (Å²) >= 11 is 0. The maximum absolute atomic E-state index is 13.1. The van der Waals surface area contributed by atoms with E-state index in [0.717, 1.165) is 5.56 Å². The molecule has 33 heavy (non-hydrogen) atoms. The number of Topliss-reactive ketones (excluding diaryl/α,β-unsaturated/α-hetero) is 1. The molecule has 0 spiro atoms. The minimum atomic E-state index is -0.819. The molecule has 176 valence electrons. The Morgan fingerprint density at radius 3 is 2.06 bits per heavy atom. The number of benzene rings is 2. The molecular formula is C25H30N2O6. The summed E-state index contributed by atoms with van der Waals surface area (Å²) in [5.74, 6) is -0.442. The van der Waals surface area contributed by atoms with Crippen LogP contribution in [-0.2, 0) is 9.59 Å². The van der Waals surface area contributed by atoms with Gasteiger partial charge in [0.1, 0.15) is 5.76 Å². The van der Waals surface area contributed by atoms with E-state index in [9.17, 15) is 14.7 Å². The lowest BCUT2D eigenvalue weighted by atomic mass is 9.94. The molecular weight excluding hydrogens is 424 g/mol. The van der Waals surface area contributed by atoms with Crippen molar-refractivity contribution in [2.24, 2.45) is 0 Å². The van der Waals surface area contributed by atoms with Crippen LogP contribution in [0.4, 0.5) is 0 Å². The van der Waals surface area contributed by atoms with E-state index >= 15 is 0 Å². The Hall–Kier alpha value is -3.52. The van der Waals surface area contributed by atoms with Crippen molar-refractivity contribution in [3.8, 4) is 17.2 Å². The summed E-state index contributed by atoms with van der Waals surface area (Å²) in [6.45, 7) is 2.77. The highest BCUT2D eigenvalue weighted by molar-refractivity contribution is 6.46. The molecule has 0 aliphatic carbocycles. The van der Waals surface area contributed by atoms with E-state index in [0.29, 0.717) is 41.5 Å². The number of ether oxygens (including phenoxy) is 3. The van der Waals surface area contributed by atoms with Crippen molar-refractivity contribution in [3.05, 3.63) is 58.7 Å². The lowest BCUT2D eigenvalue weighted by Crippen LogP contribution is -2.35. The minimum absolute atomic E-state index is 0.0249. The van der Waals surface area contributed by atoms with Crippen LogP contribution >= 0.6 is 0 Å². The van der Waals surface area contributed by atoms with E-state index in [1.807, 2.05) is 38.1 Å². The maximum atomic E-state index is 13.1.